The first-order valence-electron chi connectivity index (χ1n) is 9.15. The van der Waals surface area contributed by atoms with Crippen LogP contribution in [-0.2, 0) is 19.5 Å². The molecule has 0 spiro atoms. The van der Waals surface area contributed by atoms with Crippen LogP contribution < -0.4 is 9.46 Å². The van der Waals surface area contributed by atoms with Gasteiger partial charge in [0, 0.05) is 25.2 Å². The first-order chi connectivity index (χ1) is 12.4. The molecule has 0 unspecified atom stereocenters. The van der Waals surface area contributed by atoms with Crippen molar-refractivity contribution in [3.8, 4) is 5.75 Å². The molecule has 1 N–H and O–H groups in total. The van der Waals surface area contributed by atoms with Crippen LogP contribution in [0.3, 0.4) is 0 Å². The molecule has 0 saturated carbocycles. The van der Waals surface area contributed by atoms with Crippen LogP contribution in [0.15, 0.2) is 23.1 Å². The summed E-state index contributed by atoms with van der Waals surface area (Å²) >= 11 is 0. The molecule has 144 valence electrons. The zero-order valence-electron chi connectivity index (χ0n) is 15.2. The molecule has 7 nitrogen and oxygen atoms in total. The number of hydrogen-bond donors (Lipinski definition) is 1. The van der Waals surface area contributed by atoms with Crippen molar-refractivity contribution >= 4 is 10.0 Å². The van der Waals surface area contributed by atoms with E-state index in [-0.39, 0.29) is 22.7 Å². The second kappa shape index (κ2) is 6.76. The van der Waals surface area contributed by atoms with E-state index < -0.39 is 10.0 Å². The molecule has 1 aromatic rings. The van der Waals surface area contributed by atoms with Crippen LogP contribution >= 0.6 is 0 Å². The summed E-state index contributed by atoms with van der Waals surface area (Å²) in [5, 5.41) is 0. The second-order valence-electron chi connectivity index (χ2n) is 7.59. The van der Waals surface area contributed by atoms with Crippen molar-refractivity contribution in [3.63, 3.8) is 0 Å². The van der Waals surface area contributed by atoms with Crippen molar-refractivity contribution in [2.24, 2.45) is 0 Å². The largest absolute Gasteiger partial charge is 0.485 e. The molecule has 4 rings (SSSR count). The fourth-order valence-electron chi connectivity index (χ4n) is 3.65. The summed E-state index contributed by atoms with van der Waals surface area (Å²) in [6.45, 7) is 8.60. The zero-order chi connectivity index (χ0) is 18.4. The van der Waals surface area contributed by atoms with Crippen LogP contribution in [0, 0.1) is 0 Å². The van der Waals surface area contributed by atoms with E-state index in [4.69, 9.17) is 14.2 Å². The van der Waals surface area contributed by atoms with Gasteiger partial charge in [-0.05, 0) is 45.0 Å². The van der Waals surface area contributed by atoms with Crippen molar-refractivity contribution in [3.05, 3.63) is 23.8 Å². The minimum absolute atomic E-state index is 0.00515. The SMILES string of the molecule is CC1(C)Oc2ccc(S(=O)(=O)NCCCN3CCOCC3)cc2[C@H]2O[C@H]21. The predicted molar refractivity (Wildman–Crippen MR) is 95.8 cm³/mol. The average molecular weight is 382 g/mol. The molecule has 0 radical (unpaired) electrons. The molecule has 2 saturated heterocycles. The standard InChI is InChI=1S/C18H26N2O5S/c1-18(2)17-16(24-17)14-12-13(4-5-15(14)25-18)26(21,22)19-6-3-7-20-8-10-23-11-9-20/h4-5,12,16-17,19H,3,6-11H2,1-2H3/t16-,17-/m1/s1. The minimum Gasteiger partial charge on any atom is -0.485 e. The van der Waals surface area contributed by atoms with E-state index >= 15 is 0 Å². The number of epoxide rings is 1. The molecule has 0 aliphatic carbocycles. The van der Waals surface area contributed by atoms with E-state index in [1.54, 1.807) is 18.2 Å². The fraction of sp³-hybridized carbons (Fsp3) is 0.667. The van der Waals surface area contributed by atoms with Crippen LogP contribution in [0.4, 0.5) is 0 Å². The minimum atomic E-state index is -3.53. The Hall–Kier alpha value is -1.19. The average Bonchev–Trinajstić information content (AvgIpc) is 3.41. The van der Waals surface area contributed by atoms with Gasteiger partial charge in [-0.3, -0.25) is 4.90 Å². The molecule has 2 fully saturated rings. The van der Waals surface area contributed by atoms with Gasteiger partial charge in [0.25, 0.3) is 0 Å². The first kappa shape index (κ1) is 18.2. The van der Waals surface area contributed by atoms with Gasteiger partial charge in [0.05, 0.1) is 18.1 Å². The first-order valence-corrected chi connectivity index (χ1v) is 10.6. The molecule has 1 aromatic carbocycles. The van der Waals surface area contributed by atoms with Gasteiger partial charge in [-0.1, -0.05) is 0 Å². The number of nitrogens with zero attached hydrogens (tertiary/aromatic N) is 1. The van der Waals surface area contributed by atoms with Crippen molar-refractivity contribution < 1.29 is 22.6 Å². The van der Waals surface area contributed by atoms with E-state index in [1.165, 1.54) is 0 Å². The van der Waals surface area contributed by atoms with Gasteiger partial charge in [0.1, 0.15) is 23.6 Å². The van der Waals surface area contributed by atoms with Gasteiger partial charge in [-0.25, -0.2) is 13.1 Å². The third-order valence-corrected chi connectivity index (χ3v) is 6.65. The number of rotatable bonds is 6. The molecule has 26 heavy (non-hydrogen) atoms. The van der Waals surface area contributed by atoms with Gasteiger partial charge >= 0.3 is 0 Å². The maximum absolute atomic E-state index is 12.6. The molecule has 0 amide bonds. The lowest BCUT2D eigenvalue weighted by atomic mass is 9.94. The van der Waals surface area contributed by atoms with Crippen LogP contribution in [0.1, 0.15) is 31.9 Å². The highest BCUT2D eigenvalue weighted by molar-refractivity contribution is 7.89. The smallest absolute Gasteiger partial charge is 0.240 e. The van der Waals surface area contributed by atoms with E-state index in [9.17, 15) is 8.42 Å². The third kappa shape index (κ3) is 3.61. The molecule has 8 heteroatoms. The Morgan fingerprint density at radius 1 is 1.27 bits per heavy atom. The number of morpholine rings is 1. The highest BCUT2D eigenvalue weighted by Gasteiger charge is 2.56. The Balaban J connectivity index is 1.37. The summed E-state index contributed by atoms with van der Waals surface area (Å²) in [6.07, 6.45) is 0.703. The highest BCUT2D eigenvalue weighted by atomic mass is 32.2. The number of ether oxygens (including phenoxy) is 3. The molecule has 0 aromatic heterocycles. The number of fused-ring (bicyclic) bond motifs is 3. The van der Waals surface area contributed by atoms with Crippen molar-refractivity contribution in [1.82, 2.24) is 9.62 Å². The quantitative estimate of drug-likeness (QED) is 0.590. The maximum Gasteiger partial charge on any atom is 0.240 e. The molecular weight excluding hydrogens is 356 g/mol. The van der Waals surface area contributed by atoms with E-state index in [0.717, 1.165) is 44.8 Å². The number of benzene rings is 1. The summed E-state index contributed by atoms with van der Waals surface area (Å²) in [6, 6.07) is 5.01. The van der Waals surface area contributed by atoms with Crippen LogP contribution in [0.5, 0.6) is 5.75 Å². The lowest BCUT2D eigenvalue weighted by molar-refractivity contribution is 0.0376. The molecule has 3 heterocycles. The zero-order valence-corrected chi connectivity index (χ0v) is 16.0. The molecule has 3 aliphatic rings. The molecule has 2 atom stereocenters. The van der Waals surface area contributed by atoms with Crippen molar-refractivity contribution in [2.45, 2.75) is 43.0 Å². The Labute approximate surface area is 154 Å². The highest BCUT2D eigenvalue weighted by Crippen LogP contribution is 2.53. The third-order valence-electron chi connectivity index (χ3n) is 5.19. The van der Waals surface area contributed by atoms with E-state index in [2.05, 4.69) is 9.62 Å². The normalized spacial score (nSPS) is 27.3. The number of sulfonamides is 1. The molecule has 3 aliphatic heterocycles. The molecular formula is C18H26N2O5S. The lowest BCUT2D eigenvalue weighted by Crippen LogP contribution is -2.38. The summed E-state index contributed by atoms with van der Waals surface area (Å²) in [7, 11) is -3.53. The lowest BCUT2D eigenvalue weighted by Gasteiger charge is -2.29. The second-order valence-corrected chi connectivity index (χ2v) is 9.35. The van der Waals surface area contributed by atoms with Gasteiger partial charge in [-0.2, -0.15) is 0 Å². The van der Waals surface area contributed by atoms with Crippen LogP contribution in [-0.4, -0.2) is 64.4 Å². The van der Waals surface area contributed by atoms with Gasteiger partial charge < -0.3 is 14.2 Å². The van der Waals surface area contributed by atoms with Gasteiger partial charge in [-0.15, -0.1) is 0 Å². The predicted octanol–water partition coefficient (Wildman–Crippen LogP) is 1.30. The summed E-state index contributed by atoms with van der Waals surface area (Å²) in [4.78, 5) is 2.56. The summed E-state index contributed by atoms with van der Waals surface area (Å²) < 4.78 is 44.8. The maximum atomic E-state index is 12.6. The summed E-state index contributed by atoms with van der Waals surface area (Å²) in [5.74, 6) is 0.708. The van der Waals surface area contributed by atoms with Crippen molar-refractivity contribution in [1.29, 1.82) is 0 Å². The van der Waals surface area contributed by atoms with Gasteiger partial charge in [0.2, 0.25) is 10.0 Å². The summed E-state index contributed by atoms with van der Waals surface area (Å²) in [5.41, 5.74) is 0.445. The van der Waals surface area contributed by atoms with E-state index in [1.807, 2.05) is 13.8 Å². The van der Waals surface area contributed by atoms with Crippen LogP contribution in [0.2, 0.25) is 0 Å². The number of nitrogens with one attached hydrogen (secondary N) is 1. The Kier molecular flexibility index (Phi) is 4.73. The Morgan fingerprint density at radius 3 is 2.81 bits per heavy atom. The monoisotopic (exact) mass is 382 g/mol. The van der Waals surface area contributed by atoms with Crippen molar-refractivity contribution in [2.75, 3.05) is 39.4 Å². The Bertz CT molecular complexity index is 774. The van der Waals surface area contributed by atoms with Gasteiger partial charge in [0.15, 0.2) is 0 Å². The number of hydrogen-bond acceptors (Lipinski definition) is 6. The van der Waals surface area contributed by atoms with Crippen LogP contribution in [0.25, 0.3) is 0 Å². The molecule has 0 bridgehead atoms. The topological polar surface area (TPSA) is 80.4 Å². The fourth-order valence-corrected chi connectivity index (χ4v) is 4.75. The van der Waals surface area contributed by atoms with E-state index in [0.29, 0.717) is 12.3 Å². The Morgan fingerprint density at radius 2 is 2.04 bits per heavy atom.